The Morgan fingerprint density at radius 2 is 2.09 bits per heavy atom. The summed E-state index contributed by atoms with van der Waals surface area (Å²) in [6.07, 6.45) is 2.10. The summed E-state index contributed by atoms with van der Waals surface area (Å²) in [6, 6.07) is 8.38. The molecule has 5 nitrogen and oxygen atoms in total. The maximum absolute atomic E-state index is 13.5. The molecule has 1 saturated carbocycles. The Bertz CT molecular complexity index is 1150. The van der Waals surface area contributed by atoms with E-state index in [4.69, 9.17) is 4.98 Å². The van der Waals surface area contributed by atoms with Crippen molar-refractivity contribution in [2.75, 3.05) is 18.4 Å². The molecule has 1 aromatic carbocycles. The molecule has 3 aromatic rings. The van der Waals surface area contributed by atoms with E-state index in [-0.39, 0.29) is 24.8 Å². The predicted molar refractivity (Wildman–Crippen MR) is 136 cm³/mol. The van der Waals surface area contributed by atoms with E-state index in [0.29, 0.717) is 25.6 Å². The summed E-state index contributed by atoms with van der Waals surface area (Å²) in [4.78, 5) is 21.0. The molecule has 1 fully saturated rings. The topological polar surface area (TPSA) is 57.3 Å². The van der Waals surface area contributed by atoms with Crippen LogP contribution < -0.4 is 10.6 Å². The van der Waals surface area contributed by atoms with Crippen LogP contribution in [0.5, 0.6) is 0 Å². The van der Waals surface area contributed by atoms with Crippen molar-refractivity contribution < 1.29 is 13.6 Å². The van der Waals surface area contributed by atoms with E-state index in [1.165, 1.54) is 5.56 Å². The van der Waals surface area contributed by atoms with E-state index in [9.17, 15) is 13.6 Å². The van der Waals surface area contributed by atoms with Crippen LogP contribution in [-0.2, 0) is 17.8 Å². The molecule has 0 saturated heterocycles. The van der Waals surface area contributed by atoms with Crippen LogP contribution in [0.15, 0.2) is 24.3 Å². The van der Waals surface area contributed by atoms with Crippen molar-refractivity contribution in [2.24, 2.45) is 0 Å². The van der Waals surface area contributed by atoms with Crippen molar-refractivity contribution in [3.63, 3.8) is 0 Å². The maximum atomic E-state index is 13.5. The summed E-state index contributed by atoms with van der Waals surface area (Å²) >= 11 is 3.22. The number of thiazole rings is 1. The number of anilines is 1. The van der Waals surface area contributed by atoms with Gasteiger partial charge in [-0.1, -0.05) is 19.1 Å². The molecule has 1 atom stereocenters. The Morgan fingerprint density at radius 3 is 2.82 bits per heavy atom. The van der Waals surface area contributed by atoms with Gasteiger partial charge in [0.2, 0.25) is 5.91 Å². The molecule has 0 bridgehead atoms. The molecule has 182 valence electrons. The largest absolute Gasteiger partial charge is 0.317 e. The molecule has 2 aliphatic rings. The molecule has 5 rings (SSSR count). The number of nitrogens with zero attached hydrogens (tertiary/aromatic N) is 2. The number of para-hydroxylation sites is 1. The lowest BCUT2D eigenvalue weighted by molar-refractivity contribution is -0.126. The fourth-order valence-electron chi connectivity index (χ4n) is 4.68. The molecular weight excluding hydrogens is 474 g/mol. The van der Waals surface area contributed by atoms with Crippen molar-refractivity contribution in [2.45, 2.75) is 70.5 Å². The number of benzene rings is 1. The van der Waals surface area contributed by atoms with Gasteiger partial charge in [-0.3, -0.25) is 9.69 Å². The minimum Gasteiger partial charge on any atom is -0.317 e. The number of thiophene rings is 1. The number of alkyl halides is 2. The molecule has 1 aliphatic heterocycles. The molecule has 1 aliphatic carbocycles. The smallest absolute Gasteiger partial charge is 0.251 e. The van der Waals surface area contributed by atoms with Gasteiger partial charge < -0.3 is 10.6 Å². The van der Waals surface area contributed by atoms with Gasteiger partial charge in [-0.15, -0.1) is 22.7 Å². The average molecular weight is 505 g/mol. The molecule has 1 unspecified atom stereocenters. The number of fused-ring (bicyclic) bond motifs is 2. The van der Waals surface area contributed by atoms with E-state index in [1.807, 2.05) is 18.2 Å². The van der Waals surface area contributed by atoms with Crippen LogP contribution in [0.4, 0.5) is 13.8 Å². The van der Waals surface area contributed by atoms with Crippen LogP contribution in [0.1, 0.15) is 50.0 Å². The fraction of sp³-hybridized carbons (Fsp3) is 0.520. The molecule has 34 heavy (non-hydrogen) atoms. The van der Waals surface area contributed by atoms with Crippen LogP contribution >= 0.6 is 22.7 Å². The number of carbonyl (C=O) groups excluding carboxylic acids is 1. The Morgan fingerprint density at radius 1 is 1.29 bits per heavy atom. The van der Waals surface area contributed by atoms with Crippen molar-refractivity contribution in [3.8, 4) is 10.6 Å². The van der Waals surface area contributed by atoms with Crippen molar-refractivity contribution in [3.05, 3.63) is 34.7 Å². The number of hydrogen-bond acceptors (Lipinski definition) is 6. The van der Waals surface area contributed by atoms with Gasteiger partial charge in [0.1, 0.15) is 10.0 Å². The number of hydrogen-bond donors (Lipinski definition) is 2. The summed E-state index contributed by atoms with van der Waals surface area (Å²) in [6.45, 7) is 6.27. The molecule has 9 heteroatoms. The van der Waals surface area contributed by atoms with E-state index >= 15 is 0 Å². The zero-order valence-corrected chi connectivity index (χ0v) is 21.1. The van der Waals surface area contributed by atoms with Crippen LogP contribution in [0, 0.1) is 0 Å². The van der Waals surface area contributed by atoms with Gasteiger partial charge in [0, 0.05) is 61.4 Å². The van der Waals surface area contributed by atoms with Crippen LogP contribution in [0.3, 0.4) is 0 Å². The lowest BCUT2D eigenvalue weighted by atomic mass is 9.85. The standard InChI is InChI=1S/C25H30F2N4OS2/c1-3-15(2)28-10-8-21(32)30-24-22(23-29-18-6-4-5-7-19(18)33-23)17-9-11-31(14-20(17)34-24)16-12-25(26,27)13-16/h4-7,15-16,28H,3,8-14H2,1-2H3,(H,30,32). The molecule has 3 heterocycles. The third-order valence-electron chi connectivity index (χ3n) is 6.89. The highest BCUT2D eigenvalue weighted by Crippen LogP contribution is 2.48. The Hall–Kier alpha value is -1.94. The Kier molecular flexibility index (Phi) is 6.72. The van der Waals surface area contributed by atoms with Gasteiger partial charge in [-0.05, 0) is 37.5 Å². The first-order chi connectivity index (χ1) is 16.3. The number of carbonyl (C=O) groups is 1. The van der Waals surface area contributed by atoms with Crippen LogP contribution in [0.2, 0.25) is 0 Å². The monoisotopic (exact) mass is 504 g/mol. The second-order valence-corrected chi connectivity index (χ2v) is 11.5. The highest BCUT2D eigenvalue weighted by molar-refractivity contribution is 7.22. The predicted octanol–water partition coefficient (Wildman–Crippen LogP) is 5.90. The fourth-order valence-corrected chi connectivity index (χ4v) is 7.08. The summed E-state index contributed by atoms with van der Waals surface area (Å²) in [5.41, 5.74) is 3.18. The lowest BCUT2D eigenvalue weighted by Crippen LogP contribution is -2.51. The molecule has 2 N–H and O–H groups in total. The first-order valence-electron chi connectivity index (χ1n) is 12.0. The van der Waals surface area contributed by atoms with E-state index in [1.54, 1.807) is 22.7 Å². The zero-order chi connectivity index (χ0) is 23.9. The normalized spacial score (nSPS) is 19.1. The molecular formula is C25H30F2N4OS2. The Balaban J connectivity index is 1.40. The number of halogens is 2. The SMILES string of the molecule is CCC(C)NCCC(=O)Nc1sc2c(c1-c1nc3ccccc3s1)CCN(C1CC(F)(F)C1)C2. The molecule has 1 amide bonds. The van der Waals surface area contributed by atoms with Crippen molar-refractivity contribution in [1.29, 1.82) is 0 Å². The summed E-state index contributed by atoms with van der Waals surface area (Å²) in [5.74, 6) is -2.54. The third kappa shape index (κ3) is 4.89. The molecule has 2 aromatic heterocycles. The van der Waals surface area contributed by atoms with Crippen molar-refractivity contribution in [1.82, 2.24) is 15.2 Å². The van der Waals surface area contributed by atoms with Gasteiger partial charge in [-0.2, -0.15) is 0 Å². The van der Waals surface area contributed by atoms with Crippen LogP contribution in [-0.4, -0.2) is 46.9 Å². The zero-order valence-electron chi connectivity index (χ0n) is 19.5. The van der Waals surface area contributed by atoms with Gasteiger partial charge in [0.15, 0.2) is 0 Å². The highest BCUT2D eigenvalue weighted by Gasteiger charge is 2.48. The number of rotatable bonds is 8. The number of amides is 1. The maximum Gasteiger partial charge on any atom is 0.251 e. The second-order valence-electron chi connectivity index (χ2n) is 9.39. The number of aromatic nitrogens is 1. The summed E-state index contributed by atoms with van der Waals surface area (Å²) in [7, 11) is 0. The molecule has 0 spiro atoms. The van der Waals surface area contributed by atoms with E-state index < -0.39 is 5.92 Å². The second kappa shape index (κ2) is 9.60. The minimum absolute atomic E-state index is 0.0211. The third-order valence-corrected chi connectivity index (χ3v) is 9.08. The van der Waals surface area contributed by atoms with Gasteiger partial charge >= 0.3 is 0 Å². The van der Waals surface area contributed by atoms with Gasteiger partial charge in [0.05, 0.1) is 10.2 Å². The van der Waals surface area contributed by atoms with Gasteiger partial charge in [0.25, 0.3) is 5.92 Å². The number of nitrogens with one attached hydrogen (secondary N) is 2. The first kappa shape index (κ1) is 23.8. The average Bonchev–Trinajstić information content (AvgIpc) is 3.37. The minimum atomic E-state index is -2.52. The Labute approximate surface area is 206 Å². The summed E-state index contributed by atoms with van der Waals surface area (Å²) < 4.78 is 28.0. The van der Waals surface area contributed by atoms with Crippen LogP contribution in [0.25, 0.3) is 20.8 Å². The van der Waals surface area contributed by atoms with Crippen molar-refractivity contribution >= 4 is 43.8 Å². The van der Waals surface area contributed by atoms with E-state index in [0.717, 1.165) is 50.1 Å². The van der Waals surface area contributed by atoms with Gasteiger partial charge in [-0.25, -0.2) is 13.8 Å². The van der Waals surface area contributed by atoms with E-state index in [2.05, 4.69) is 35.4 Å². The molecule has 0 radical (unpaired) electrons. The lowest BCUT2D eigenvalue weighted by Gasteiger charge is -2.44. The summed E-state index contributed by atoms with van der Waals surface area (Å²) in [5, 5.41) is 8.26. The highest BCUT2D eigenvalue weighted by atomic mass is 32.1. The first-order valence-corrected chi connectivity index (χ1v) is 13.6. The quantitative estimate of drug-likeness (QED) is 0.401.